The summed E-state index contributed by atoms with van der Waals surface area (Å²) >= 11 is 0. The van der Waals surface area contributed by atoms with Gasteiger partial charge in [-0.1, -0.05) is 6.92 Å². The average Bonchev–Trinajstić information content (AvgIpc) is 2.94. The molecule has 0 saturated heterocycles. The average molecular weight is 247 g/mol. The number of hydrogen-bond acceptors (Lipinski definition) is 3. The molecule has 0 aliphatic rings. The predicted molar refractivity (Wildman–Crippen MR) is 71.3 cm³/mol. The van der Waals surface area contributed by atoms with E-state index in [9.17, 15) is 0 Å². The quantitative estimate of drug-likeness (QED) is 0.877. The Kier molecular flexibility index (Phi) is 3.81. The van der Waals surface area contributed by atoms with Gasteiger partial charge in [0.1, 0.15) is 11.9 Å². The van der Waals surface area contributed by atoms with Gasteiger partial charge in [-0.3, -0.25) is 4.68 Å². The van der Waals surface area contributed by atoms with Gasteiger partial charge in [-0.15, -0.1) is 0 Å². The SMILES string of the molecule is CCNC(c1nccn1C)c1ccnn1C(C)C. The van der Waals surface area contributed by atoms with Crippen molar-refractivity contribution in [1.82, 2.24) is 24.6 Å². The number of hydrogen-bond donors (Lipinski definition) is 1. The van der Waals surface area contributed by atoms with Crippen LogP contribution in [0.4, 0.5) is 0 Å². The number of imidazole rings is 1. The van der Waals surface area contributed by atoms with Crippen molar-refractivity contribution in [1.29, 1.82) is 0 Å². The predicted octanol–water partition coefficient (Wildman–Crippen LogP) is 1.90. The van der Waals surface area contributed by atoms with E-state index in [2.05, 4.69) is 42.2 Å². The zero-order valence-corrected chi connectivity index (χ0v) is 11.5. The van der Waals surface area contributed by atoms with Crippen LogP contribution in [-0.4, -0.2) is 25.9 Å². The summed E-state index contributed by atoms with van der Waals surface area (Å²) in [5, 5.41) is 7.88. The van der Waals surface area contributed by atoms with Crippen molar-refractivity contribution in [2.45, 2.75) is 32.9 Å². The minimum Gasteiger partial charge on any atom is -0.336 e. The first-order valence-corrected chi connectivity index (χ1v) is 6.39. The third-order valence-corrected chi connectivity index (χ3v) is 3.01. The fraction of sp³-hybridized carbons (Fsp3) is 0.538. The summed E-state index contributed by atoms with van der Waals surface area (Å²) in [5.74, 6) is 1.01. The van der Waals surface area contributed by atoms with E-state index in [1.165, 1.54) is 0 Å². The van der Waals surface area contributed by atoms with Crippen molar-refractivity contribution in [3.05, 3.63) is 36.2 Å². The van der Waals surface area contributed by atoms with Gasteiger partial charge in [0, 0.05) is 31.7 Å². The van der Waals surface area contributed by atoms with Gasteiger partial charge in [0.25, 0.3) is 0 Å². The van der Waals surface area contributed by atoms with Gasteiger partial charge in [0.2, 0.25) is 0 Å². The number of nitrogens with zero attached hydrogens (tertiary/aromatic N) is 4. The Balaban J connectivity index is 2.42. The molecule has 2 heterocycles. The normalized spacial score (nSPS) is 13.2. The van der Waals surface area contributed by atoms with E-state index in [4.69, 9.17) is 0 Å². The number of aryl methyl sites for hydroxylation is 1. The van der Waals surface area contributed by atoms with Crippen molar-refractivity contribution < 1.29 is 0 Å². The molecular weight excluding hydrogens is 226 g/mol. The van der Waals surface area contributed by atoms with Gasteiger partial charge in [-0.25, -0.2) is 4.98 Å². The molecule has 0 aliphatic carbocycles. The van der Waals surface area contributed by atoms with Gasteiger partial charge in [-0.05, 0) is 26.5 Å². The van der Waals surface area contributed by atoms with Gasteiger partial charge < -0.3 is 9.88 Å². The van der Waals surface area contributed by atoms with Gasteiger partial charge in [-0.2, -0.15) is 5.10 Å². The van der Waals surface area contributed by atoms with Crippen molar-refractivity contribution in [3.8, 4) is 0 Å². The second-order valence-corrected chi connectivity index (χ2v) is 4.68. The van der Waals surface area contributed by atoms with E-state index >= 15 is 0 Å². The molecule has 2 aromatic heterocycles. The second-order valence-electron chi connectivity index (χ2n) is 4.68. The summed E-state index contributed by atoms with van der Waals surface area (Å²) in [4.78, 5) is 4.45. The Hall–Kier alpha value is -1.62. The topological polar surface area (TPSA) is 47.7 Å². The molecule has 0 aromatic carbocycles. The maximum atomic E-state index is 4.45. The van der Waals surface area contributed by atoms with Crippen molar-refractivity contribution in [3.63, 3.8) is 0 Å². The van der Waals surface area contributed by atoms with Crippen LogP contribution < -0.4 is 5.32 Å². The number of rotatable bonds is 5. The lowest BCUT2D eigenvalue weighted by Gasteiger charge is -2.20. The van der Waals surface area contributed by atoms with Crippen molar-refractivity contribution in [2.75, 3.05) is 6.54 Å². The number of nitrogens with one attached hydrogen (secondary N) is 1. The molecule has 98 valence electrons. The third-order valence-electron chi connectivity index (χ3n) is 3.01. The molecule has 1 N–H and O–H groups in total. The standard InChI is InChI=1S/C13H21N5/c1-5-14-12(13-15-8-9-17(13)4)11-6-7-16-18(11)10(2)3/h6-10,12,14H,5H2,1-4H3. The lowest BCUT2D eigenvalue weighted by atomic mass is 10.1. The zero-order valence-electron chi connectivity index (χ0n) is 11.5. The Morgan fingerprint density at radius 2 is 2.11 bits per heavy atom. The lowest BCUT2D eigenvalue weighted by Crippen LogP contribution is -2.27. The van der Waals surface area contributed by atoms with E-state index < -0.39 is 0 Å². The van der Waals surface area contributed by atoms with Crippen LogP contribution in [0.5, 0.6) is 0 Å². The maximum Gasteiger partial charge on any atom is 0.131 e. The molecule has 18 heavy (non-hydrogen) atoms. The first-order chi connectivity index (χ1) is 8.65. The largest absolute Gasteiger partial charge is 0.336 e. The molecule has 1 unspecified atom stereocenters. The fourth-order valence-corrected chi connectivity index (χ4v) is 2.17. The van der Waals surface area contributed by atoms with E-state index in [1.807, 2.05) is 34.9 Å². The Labute approximate surface area is 108 Å². The van der Waals surface area contributed by atoms with Crippen LogP contribution in [0.15, 0.2) is 24.7 Å². The molecule has 0 aliphatic heterocycles. The zero-order chi connectivity index (χ0) is 13.1. The molecule has 5 nitrogen and oxygen atoms in total. The van der Waals surface area contributed by atoms with Crippen molar-refractivity contribution in [2.24, 2.45) is 7.05 Å². The summed E-state index contributed by atoms with van der Waals surface area (Å²) in [6.45, 7) is 7.27. The minimum atomic E-state index is 0.0832. The molecular formula is C13H21N5. The summed E-state index contributed by atoms with van der Waals surface area (Å²) in [6, 6.07) is 2.48. The minimum absolute atomic E-state index is 0.0832. The van der Waals surface area contributed by atoms with Crippen LogP contribution in [0.3, 0.4) is 0 Å². The summed E-state index contributed by atoms with van der Waals surface area (Å²) in [7, 11) is 2.02. The molecule has 1 atom stereocenters. The van der Waals surface area contributed by atoms with Crippen molar-refractivity contribution >= 4 is 0 Å². The van der Waals surface area contributed by atoms with E-state index in [1.54, 1.807) is 0 Å². The molecule has 5 heteroatoms. The number of aromatic nitrogens is 4. The highest BCUT2D eigenvalue weighted by atomic mass is 15.3. The van der Waals surface area contributed by atoms with Gasteiger partial charge in [0.15, 0.2) is 0 Å². The molecule has 2 aromatic rings. The highest BCUT2D eigenvalue weighted by Crippen LogP contribution is 2.22. The first-order valence-electron chi connectivity index (χ1n) is 6.39. The fourth-order valence-electron chi connectivity index (χ4n) is 2.17. The van der Waals surface area contributed by atoms with Gasteiger partial charge >= 0.3 is 0 Å². The van der Waals surface area contributed by atoms with E-state index in [0.29, 0.717) is 6.04 Å². The Morgan fingerprint density at radius 1 is 1.33 bits per heavy atom. The third kappa shape index (κ3) is 2.31. The van der Waals surface area contributed by atoms with Crippen LogP contribution in [0.1, 0.15) is 44.4 Å². The van der Waals surface area contributed by atoms with Crippen LogP contribution in [0.2, 0.25) is 0 Å². The van der Waals surface area contributed by atoms with Gasteiger partial charge in [0.05, 0.1) is 5.69 Å². The molecule has 0 fully saturated rings. The van der Waals surface area contributed by atoms with E-state index in [-0.39, 0.29) is 6.04 Å². The monoisotopic (exact) mass is 247 g/mol. The highest BCUT2D eigenvalue weighted by molar-refractivity contribution is 5.18. The molecule has 0 saturated carbocycles. The summed E-state index contributed by atoms with van der Waals surface area (Å²) < 4.78 is 4.09. The molecule has 0 bridgehead atoms. The smallest absolute Gasteiger partial charge is 0.131 e. The Bertz CT molecular complexity index is 497. The lowest BCUT2D eigenvalue weighted by molar-refractivity contribution is 0.463. The van der Waals surface area contributed by atoms with Crippen LogP contribution >= 0.6 is 0 Å². The molecule has 0 spiro atoms. The van der Waals surface area contributed by atoms with Crippen LogP contribution in [0.25, 0.3) is 0 Å². The molecule has 0 amide bonds. The maximum absolute atomic E-state index is 4.45. The second kappa shape index (κ2) is 5.35. The molecule has 2 rings (SSSR count). The van der Waals surface area contributed by atoms with Crippen LogP contribution in [0, 0.1) is 0 Å². The summed E-state index contributed by atoms with van der Waals surface area (Å²) in [5.41, 5.74) is 1.15. The van der Waals surface area contributed by atoms with E-state index in [0.717, 1.165) is 18.1 Å². The molecule has 0 radical (unpaired) electrons. The highest BCUT2D eigenvalue weighted by Gasteiger charge is 2.21. The first kappa shape index (κ1) is 12.8. The summed E-state index contributed by atoms with van der Waals surface area (Å²) in [6.07, 6.45) is 5.65. The van der Waals surface area contributed by atoms with Crippen LogP contribution in [-0.2, 0) is 7.05 Å². The Morgan fingerprint density at radius 3 is 2.67 bits per heavy atom.